The first-order valence-electron chi connectivity index (χ1n) is 7.00. The Bertz CT molecular complexity index is 402. The predicted octanol–water partition coefficient (Wildman–Crippen LogP) is -1.04. The molecule has 8 nitrogen and oxygen atoms in total. The zero-order valence-electron chi connectivity index (χ0n) is 13.9. The summed E-state index contributed by atoms with van der Waals surface area (Å²) in [7, 11) is -4.84. The van der Waals surface area contributed by atoms with Gasteiger partial charge in [-0.3, -0.25) is 14.1 Å². The van der Waals surface area contributed by atoms with Crippen LogP contribution in [0.5, 0.6) is 0 Å². The quantitative estimate of drug-likeness (QED) is 0.179. The first-order chi connectivity index (χ1) is 10.2. The average Bonchev–Trinajstić information content (AvgIpc) is 2.39. The van der Waals surface area contributed by atoms with E-state index in [1.54, 1.807) is 0 Å². The van der Waals surface area contributed by atoms with Crippen LogP contribution in [0.2, 0.25) is 0 Å². The molecule has 0 bridgehead atoms. The molecule has 0 aliphatic rings. The summed E-state index contributed by atoms with van der Waals surface area (Å²) in [5.74, 6) is -3.50. The molecule has 0 aromatic rings. The summed E-state index contributed by atoms with van der Waals surface area (Å²) >= 11 is 0. The van der Waals surface area contributed by atoms with E-state index in [0.29, 0.717) is 0 Å². The van der Waals surface area contributed by atoms with E-state index in [9.17, 15) is 18.0 Å². The van der Waals surface area contributed by atoms with Gasteiger partial charge in [-0.05, 0) is 6.42 Å². The van der Waals surface area contributed by atoms with Crippen molar-refractivity contribution in [2.45, 2.75) is 57.6 Å². The Morgan fingerprint density at radius 3 is 2.00 bits per heavy atom. The minimum Gasteiger partial charge on any atom is -0.552 e. The summed E-state index contributed by atoms with van der Waals surface area (Å²) in [6.07, 6.45) is 5.04. The molecule has 0 saturated carbocycles. The normalized spacial score (nSPS) is 11.6. The van der Waals surface area contributed by atoms with Crippen molar-refractivity contribution in [3.05, 3.63) is 6.61 Å². The van der Waals surface area contributed by atoms with Gasteiger partial charge < -0.3 is 14.9 Å². The standard InChI is InChI=1S/C9H19O.C4H6O7S.K/c1-3-5-6-7-9-10-8-4-2;5-3(6)1-2(4(7)8)12(9,10)11;/h8H,3-7,9H2,1-2H3;2H,1H2,(H,5,6)(H,7,8)(H,9,10,11);/q-1;;+1. The minimum atomic E-state index is -4.84. The fourth-order valence-corrected chi connectivity index (χ4v) is 1.90. The van der Waals surface area contributed by atoms with Crippen molar-refractivity contribution in [2.75, 3.05) is 6.61 Å². The molecule has 0 fully saturated rings. The third-order valence-electron chi connectivity index (χ3n) is 2.40. The van der Waals surface area contributed by atoms with Gasteiger partial charge in [-0.1, -0.05) is 33.1 Å². The van der Waals surface area contributed by atoms with Crippen LogP contribution < -0.4 is 51.4 Å². The molecule has 0 aliphatic carbocycles. The summed E-state index contributed by atoms with van der Waals surface area (Å²) in [4.78, 5) is 20.0. The zero-order valence-corrected chi connectivity index (χ0v) is 17.8. The van der Waals surface area contributed by atoms with E-state index in [-0.39, 0.29) is 51.4 Å². The molecule has 0 heterocycles. The number of ether oxygens (including phenoxy) is 1. The van der Waals surface area contributed by atoms with Crippen LogP contribution in [0.15, 0.2) is 0 Å². The van der Waals surface area contributed by atoms with E-state index < -0.39 is 33.7 Å². The largest absolute Gasteiger partial charge is 1.00 e. The van der Waals surface area contributed by atoms with Gasteiger partial charge in [0.05, 0.1) is 6.42 Å². The number of carboxylic acid groups (broad SMARTS) is 2. The Balaban J connectivity index is -0.000000338. The first kappa shape index (κ1) is 28.3. The molecule has 0 radical (unpaired) electrons. The molecule has 0 aromatic heterocycles. The zero-order chi connectivity index (χ0) is 17.6. The van der Waals surface area contributed by atoms with Crippen molar-refractivity contribution >= 4 is 22.1 Å². The summed E-state index contributed by atoms with van der Waals surface area (Å²) in [5.41, 5.74) is 0. The van der Waals surface area contributed by atoms with Gasteiger partial charge in [0.2, 0.25) is 0 Å². The maximum atomic E-state index is 10.2. The molecule has 23 heavy (non-hydrogen) atoms. The molecule has 1 atom stereocenters. The molecule has 0 amide bonds. The molecule has 1 unspecified atom stereocenters. The van der Waals surface area contributed by atoms with Gasteiger partial charge in [0.15, 0.2) is 5.25 Å². The molecule has 10 heteroatoms. The topological polar surface area (TPSA) is 138 Å². The maximum Gasteiger partial charge on any atom is 1.00 e. The monoisotopic (exact) mass is 380 g/mol. The smallest absolute Gasteiger partial charge is 0.552 e. The second-order valence-electron chi connectivity index (χ2n) is 4.45. The summed E-state index contributed by atoms with van der Waals surface area (Å²) < 4.78 is 33.9. The van der Waals surface area contributed by atoms with Crippen LogP contribution in [-0.2, 0) is 24.4 Å². The van der Waals surface area contributed by atoms with E-state index in [1.807, 2.05) is 6.61 Å². The SMILES string of the molecule is CC[CH-]OCCCCCC.O=C(O)CC(C(=O)O)S(=O)(=O)O.[K+]. The Labute approximate surface area is 180 Å². The second kappa shape index (κ2) is 17.3. The van der Waals surface area contributed by atoms with Gasteiger partial charge in [0, 0.05) is 6.61 Å². The Kier molecular flexibility index (Phi) is 21.2. The van der Waals surface area contributed by atoms with E-state index in [1.165, 1.54) is 25.7 Å². The van der Waals surface area contributed by atoms with Crippen molar-refractivity contribution in [3.63, 3.8) is 0 Å². The average molecular weight is 381 g/mol. The van der Waals surface area contributed by atoms with E-state index in [2.05, 4.69) is 13.8 Å². The van der Waals surface area contributed by atoms with Crippen molar-refractivity contribution in [1.29, 1.82) is 0 Å². The van der Waals surface area contributed by atoms with Crippen molar-refractivity contribution in [2.24, 2.45) is 0 Å². The molecule has 0 saturated heterocycles. The number of hydrogen-bond acceptors (Lipinski definition) is 5. The maximum absolute atomic E-state index is 10.2. The molecule has 132 valence electrons. The Morgan fingerprint density at radius 1 is 1.13 bits per heavy atom. The van der Waals surface area contributed by atoms with Gasteiger partial charge in [0.1, 0.15) is 0 Å². The fraction of sp³-hybridized carbons (Fsp3) is 0.769. The predicted molar refractivity (Wildman–Crippen MR) is 79.9 cm³/mol. The number of carboxylic acids is 2. The summed E-state index contributed by atoms with van der Waals surface area (Å²) in [5, 5.41) is 13.9. The third kappa shape index (κ3) is 20.4. The number of carbonyl (C=O) groups is 2. The summed E-state index contributed by atoms with van der Waals surface area (Å²) in [6, 6.07) is 0. The van der Waals surface area contributed by atoms with Crippen LogP contribution in [0.25, 0.3) is 0 Å². The van der Waals surface area contributed by atoms with Gasteiger partial charge in [-0.2, -0.15) is 14.8 Å². The van der Waals surface area contributed by atoms with Gasteiger partial charge in [0.25, 0.3) is 10.1 Å². The number of aliphatic carboxylic acids is 2. The number of unbranched alkanes of at least 4 members (excludes halogenated alkanes) is 3. The molecular weight excluding hydrogens is 355 g/mol. The van der Waals surface area contributed by atoms with Crippen LogP contribution in [-0.4, -0.2) is 47.0 Å². The first-order valence-corrected chi connectivity index (χ1v) is 8.51. The minimum absolute atomic E-state index is 0. The van der Waals surface area contributed by atoms with Gasteiger partial charge >= 0.3 is 63.3 Å². The summed E-state index contributed by atoms with van der Waals surface area (Å²) in [6.45, 7) is 7.10. The third-order valence-corrected chi connectivity index (χ3v) is 3.48. The Morgan fingerprint density at radius 2 is 1.70 bits per heavy atom. The van der Waals surface area contributed by atoms with Gasteiger partial charge in [-0.15, -0.1) is 0 Å². The molecule has 0 aromatic carbocycles. The Hall–Kier alpha value is 0.446. The van der Waals surface area contributed by atoms with Crippen molar-refractivity contribution in [3.8, 4) is 0 Å². The van der Waals surface area contributed by atoms with Gasteiger partial charge in [-0.25, -0.2) is 6.61 Å². The molecule has 0 spiro atoms. The molecule has 0 aliphatic heterocycles. The molecular formula is C13H25KO8S. The van der Waals surface area contributed by atoms with Crippen LogP contribution in [0, 0.1) is 6.61 Å². The van der Waals surface area contributed by atoms with Crippen LogP contribution in [0.4, 0.5) is 0 Å². The van der Waals surface area contributed by atoms with Crippen LogP contribution >= 0.6 is 0 Å². The van der Waals surface area contributed by atoms with Crippen molar-refractivity contribution in [1.82, 2.24) is 0 Å². The number of hydrogen-bond donors (Lipinski definition) is 3. The second-order valence-corrected chi connectivity index (χ2v) is 6.05. The van der Waals surface area contributed by atoms with Crippen LogP contribution in [0.3, 0.4) is 0 Å². The van der Waals surface area contributed by atoms with E-state index in [0.717, 1.165) is 13.0 Å². The van der Waals surface area contributed by atoms with E-state index in [4.69, 9.17) is 19.5 Å². The molecule has 0 rings (SSSR count). The van der Waals surface area contributed by atoms with E-state index >= 15 is 0 Å². The molecule has 3 N–H and O–H groups in total. The van der Waals surface area contributed by atoms with Crippen LogP contribution in [0.1, 0.15) is 52.4 Å². The van der Waals surface area contributed by atoms with Crippen molar-refractivity contribution < 1.29 is 88.9 Å². The fourth-order valence-electron chi connectivity index (χ4n) is 1.29. The number of rotatable bonds is 11.